The van der Waals surface area contributed by atoms with Gasteiger partial charge in [0.1, 0.15) is 6.61 Å². The molecular formula is C25H21Cl2NO2. The molecule has 152 valence electrons. The molecule has 30 heavy (non-hydrogen) atoms. The van der Waals surface area contributed by atoms with Crippen molar-refractivity contribution >= 4 is 34.9 Å². The van der Waals surface area contributed by atoms with E-state index in [2.05, 4.69) is 6.07 Å². The lowest BCUT2D eigenvalue weighted by Crippen LogP contribution is -2.01. The Morgan fingerprint density at radius 1 is 1.00 bits per heavy atom. The zero-order valence-electron chi connectivity index (χ0n) is 16.8. The summed E-state index contributed by atoms with van der Waals surface area (Å²) >= 11 is 12.8. The van der Waals surface area contributed by atoms with Crippen LogP contribution in [0.15, 0.2) is 60.7 Å². The molecule has 0 radical (unpaired) electrons. The van der Waals surface area contributed by atoms with Crippen molar-refractivity contribution in [2.75, 3.05) is 6.61 Å². The van der Waals surface area contributed by atoms with Gasteiger partial charge in [-0.05, 0) is 49.2 Å². The molecule has 5 heteroatoms. The molecule has 3 aromatic carbocycles. The van der Waals surface area contributed by atoms with E-state index in [1.165, 1.54) is 5.56 Å². The number of nitrogens with zero attached hydrogens (tertiary/aromatic N) is 1. The first-order chi connectivity index (χ1) is 14.5. The minimum atomic E-state index is 0.373. The van der Waals surface area contributed by atoms with Gasteiger partial charge in [-0.3, -0.25) is 0 Å². The second kappa shape index (κ2) is 10.2. The van der Waals surface area contributed by atoms with Gasteiger partial charge in [0.05, 0.1) is 23.3 Å². The Kier molecular flexibility index (Phi) is 7.41. The van der Waals surface area contributed by atoms with Gasteiger partial charge in [0.25, 0.3) is 0 Å². The Morgan fingerprint density at radius 3 is 2.40 bits per heavy atom. The molecule has 0 aliphatic rings. The van der Waals surface area contributed by atoms with E-state index in [4.69, 9.17) is 32.7 Å². The third kappa shape index (κ3) is 5.36. The number of aryl methyl sites for hydroxylation is 1. The summed E-state index contributed by atoms with van der Waals surface area (Å²) in [5, 5.41) is 10.6. The van der Waals surface area contributed by atoms with E-state index in [-0.39, 0.29) is 0 Å². The number of hydrogen-bond acceptors (Lipinski definition) is 3. The van der Waals surface area contributed by atoms with Crippen LogP contribution in [0.2, 0.25) is 10.0 Å². The average molecular weight is 438 g/mol. The lowest BCUT2D eigenvalue weighted by molar-refractivity contribution is 0.269. The number of nitriles is 1. The highest BCUT2D eigenvalue weighted by atomic mass is 35.5. The molecule has 0 aliphatic heterocycles. The second-order valence-corrected chi connectivity index (χ2v) is 7.50. The smallest absolute Gasteiger partial charge is 0.180 e. The monoisotopic (exact) mass is 437 g/mol. The summed E-state index contributed by atoms with van der Waals surface area (Å²) < 4.78 is 11.7. The predicted molar refractivity (Wildman–Crippen MR) is 123 cm³/mol. The van der Waals surface area contributed by atoms with Crippen molar-refractivity contribution in [1.29, 1.82) is 5.26 Å². The lowest BCUT2D eigenvalue weighted by atomic mass is 10.0. The summed E-state index contributed by atoms with van der Waals surface area (Å²) in [5.74, 6) is 1.01. The molecule has 3 rings (SSSR count). The van der Waals surface area contributed by atoms with Crippen molar-refractivity contribution in [3.05, 3.63) is 93.0 Å². The van der Waals surface area contributed by atoms with Crippen molar-refractivity contribution in [1.82, 2.24) is 0 Å². The fourth-order valence-corrected chi connectivity index (χ4v) is 3.44. The first kappa shape index (κ1) is 21.8. The number of rotatable bonds is 7. The maximum atomic E-state index is 9.63. The molecule has 0 heterocycles. The number of hydrogen-bond donors (Lipinski definition) is 0. The van der Waals surface area contributed by atoms with Crippen molar-refractivity contribution < 1.29 is 9.47 Å². The highest BCUT2D eigenvalue weighted by molar-refractivity contribution is 6.33. The molecule has 0 aromatic heterocycles. The van der Waals surface area contributed by atoms with Gasteiger partial charge in [0.15, 0.2) is 11.5 Å². The first-order valence-corrected chi connectivity index (χ1v) is 10.3. The van der Waals surface area contributed by atoms with Crippen molar-refractivity contribution in [2.45, 2.75) is 20.5 Å². The Balaban J connectivity index is 1.93. The normalized spacial score (nSPS) is 11.1. The average Bonchev–Trinajstić information content (AvgIpc) is 2.73. The molecule has 0 bridgehead atoms. The molecule has 0 fully saturated rings. The van der Waals surface area contributed by atoms with Gasteiger partial charge >= 0.3 is 0 Å². The van der Waals surface area contributed by atoms with Gasteiger partial charge in [0.2, 0.25) is 0 Å². The zero-order valence-corrected chi connectivity index (χ0v) is 18.3. The SMILES string of the molecule is CCOc1cc(C=C(C#N)c2ccccc2Cl)cc(Cl)c1OCc1ccc(C)cc1. The molecule has 0 unspecified atom stereocenters. The van der Waals surface area contributed by atoms with Crippen LogP contribution >= 0.6 is 23.2 Å². The van der Waals surface area contributed by atoms with Gasteiger partial charge in [0, 0.05) is 10.6 Å². The fraction of sp³-hybridized carbons (Fsp3) is 0.160. The van der Waals surface area contributed by atoms with Gasteiger partial charge in [-0.15, -0.1) is 0 Å². The fourth-order valence-electron chi connectivity index (χ4n) is 2.93. The van der Waals surface area contributed by atoms with Crippen LogP contribution in [0, 0.1) is 18.3 Å². The van der Waals surface area contributed by atoms with Crippen molar-refractivity contribution in [3.8, 4) is 17.6 Å². The standard InChI is InChI=1S/C25H21Cl2NO2/c1-3-29-24-14-19(12-20(15-28)21-6-4-5-7-22(21)26)13-23(27)25(24)30-16-18-10-8-17(2)9-11-18/h4-14H,3,16H2,1-2H3. The van der Waals surface area contributed by atoms with E-state index in [0.29, 0.717) is 45.9 Å². The van der Waals surface area contributed by atoms with E-state index in [0.717, 1.165) is 11.1 Å². The van der Waals surface area contributed by atoms with E-state index in [1.807, 2.05) is 62.4 Å². The molecule has 0 N–H and O–H groups in total. The summed E-state index contributed by atoms with van der Waals surface area (Å²) in [7, 11) is 0. The maximum absolute atomic E-state index is 9.63. The third-order valence-corrected chi connectivity index (χ3v) is 5.04. The van der Waals surface area contributed by atoms with Crippen LogP contribution in [0.5, 0.6) is 11.5 Å². The minimum absolute atomic E-state index is 0.373. The van der Waals surface area contributed by atoms with Crippen LogP contribution in [0.3, 0.4) is 0 Å². The van der Waals surface area contributed by atoms with E-state index in [1.54, 1.807) is 18.2 Å². The molecule has 0 saturated carbocycles. The molecule has 0 saturated heterocycles. The molecular weight excluding hydrogens is 417 g/mol. The predicted octanol–water partition coefficient (Wildman–Crippen LogP) is 7.34. The van der Waals surface area contributed by atoms with Crippen LogP contribution in [-0.4, -0.2) is 6.61 Å². The Bertz CT molecular complexity index is 1100. The molecule has 0 aliphatic carbocycles. The highest BCUT2D eigenvalue weighted by Crippen LogP contribution is 2.38. The van der Waals surface area contributed by atoms with Crippen LogP contribution in [0.4, 0.5) is 0 Å². The third-order valence-electron chi connectivity index (χ3n) is 4.43. The molecule has 0 atom stereocenters. The number of ether oxygens (including phenoxy) is 2. The summed E-state index contributed by atoms with van der Waals surface area (Å²) in [5.41, 5.74) is 4.05. The first-order valence-electron chi connectivity index (χ1n) is 9.53. The Labute approximate surface area is 187 Å². The summed E-state index contributed by atoms with van der Waals surface area (Å²) in [4.78, 5) is 0. The quantitative estimate of drug-likeness (QED) is 0.286. The molecule has 0 amide bonds. The van der Waals surface area contributed by atoms with Crippen molar-refractivity contribution in [3.63, 3.8) is 0 Å². The van der Waals surface area contributed by atoms with Crippen LogP contribution in [-0.2, 0) is 6.61 Å². The van der Waals surface area contributed by atoms with Crippen molar-refractivity contribution in [2.24, 2.45) is 0 Å². The van der Waals surface area contributed by atoms with Crippen LogP contribution in [0.1, 0.15) is 29.2 Å². The highest BCUT2D eigenvalue weighted by Gasteiger charge is 2.14. The number of allylic oxidation sites excluding steroid dienone is 1. The van der Waals surface area contributed by atoms with Crippen LogP contribution < -0.4 is 9.47 Å². The topological polar surface area (TPSA) is 42.2 Å². The summed E-state index contributed by atoms with van der Waals surface area (Å²) in [6.45, 7) is 4.77. The molecule has 3 nitrogen and oxygen atoms in total. The zero-order chi connectivity index (χ0) is 21.5. The van der Waals surface area contributed by atoms with E-state index in [9.17, 15) is 5.26 Å². The van der Waals surface area contributed by atoms with Crippen LogP contribution in [0.25, 0.3) is 11.6 Å². The second-order valence-electron chi connectivity index (χ2n) is 6.69. The van der Waals surface area contributed by atoms with Gasteiger partial charge < -0.3 is 9.47 Å². The van der Waals surface area contributed by atoms with Gasteiger partial charge in [-0.2, -0.15) is 5.26 Å². The lowest BCUT2D eigenvalue weighted by Gasteiger charge is -2.15. The number of benzene rings is 3. The number of halogens is 2. The van der Waals surface area contributed by atoms with Gasteiger partial charge in [-0.25, -0.2) is 0 Å². The minimum Gasteiger partial charge on any atom is -0.490 e. The maximum Gasteiger partial charge on any atom is 0.180 e. The Morgan fingerprint density at radius 2 is 1.73 bits per heavy atom. The van der Waals surface area contributed by atoms with E-state index >= 15 is 0 Å². The molecule has 0 spiro atoms. The summed E-state index contributed by atoms with van der Waals surface area (Å²) in [6, 6.07) is 21.1. The van der Waals surface area contributed by atoms with E-state index < -0.39 is 0 Å². The molecule has 3 aromatic rings. The van der Waals surface area contributed by atoms with Gasteiger partial charge in [-0.1, -0.05) is 71.2 Å². The summed E-state index contributed by atoms with van der Waals surface area (Å²) in [6.07, 6.45) is 1.74. The Hall–Kier alpha value is -2.93. The largest absolute Gasteiger partial charge is 0.490 e.